The summed E-state index contributed by atoms with van der Waals surface area (Å²) >= 11 is 0. The van der Waals surface area contributed by atoms with Gasteiger partial charge in [-0.1, -0.05) is 25.1 Å². The first kappa shape index (κ1) is 22.3. The number of hydrogen-bond acceptors (Lipinski definition) is 5. The van der Waals surface area contributed by atoms with E-state index >= 15 is 0 Å². The molecule has 0 saturated carbocycles. The molecule has 0 bridgehead atoms. The lowest BCUT2D eigenvalue weighted by molar-refractivity contribution is -0.140. The molecule has 3 rings (SSSR count). The second-order valence-electron chi connectivity index (χ2n) is 8.06. The maximum atomic E-state index is 12.4. The zero-order chi connectivity index (χ0) is 21.7. The summed E-state index contributed by atoms with van der Waals surface area (Å²) in [5.74, 6) is -0.244. The molecule has 30 heavy (non-hydrogen) atoms. The van der Waals surface area contributed by atoms with E-state index in [2.05, 4.69) is 0 Å². The minimum Gasteiger partial charge on any atom is -0.444 e. The number of rotatable bonds is 8. The predicted molar refractivity (Wildman–Crippen MR) is 115 cm³/mol. The number of aliphatic hydroxyl groups excluding tert-OH is 1. The molecule has 0 aliphatic carbocycles. The molecule has 1 aromatic rings. The van der Waals surface area contributed by atoms with Crippen LogP contribution in [-0.2, 0) is 14.3 Å². The van der Waals surface area contributed by atoms with Crippen LogP contribution in [0.15, 0.2) is 30.3 Å². The summed E-state index contributed by atoms with van der Waals surface area (Å²) in [6.45, 7) is 7.87. The highest BCUT2D eigenvalue weighted by Crippen LogP contribution is 2.27. The highest BCUT2D eigenvalue weighted by molar-refractivity contribution is 5.90. The summed E-state index contributed by atoms with van der Waals surface area (Å²) in [4.78, 5) is 27.8. The molecule has 7 heteroatoms. The van der Waals surface area contributed by atoms with Crippen molar-refractivity contribution >= 4 is 23.3 Å². The summed E-state index contributed by atoms with van der Waals surface area (Å²) in [5, 5.41) is 10.1. The van der Waals surface area contributed by atoms with Gasteiger partial charge < -0.3 is 19.5 Å². The molecule has 164 valence electrons. The molecule has 7 nitrogen and oxygen atoms in total. The van der Waals surface area contributed by atoms with Gasteiger partial charge in [-0.3, -0.25) is 9.69 Å². The van der Waals surface area contributed by atoms with E-state index in [-0.39, 0.29) is 24.2 Å². The van der Waals surface area contributed by atoms with Crippen molar-refractivity contribution in [3.63, 3.8) is 0 Å². The molecule has 0 radical (unpaired) electrons. The number of amides is 2. The molecule has 2 amide bonds. The van der Waals surface area contributed by atoms with Crippen LogP contribution in [0.1, 0.15) is 45.6 Å². The van der Waals surface area contributed by atoms with E-state index in [1.807, 2.05) is 51.1 Å². The van der Waals surface area contributed by atoms with Gasteiger partial charge >= 0.3 is 6.09 Å². The van der Waals surface area contributed by atoms with Crippen molar-refractivity contribution in [1.29, 1.82) is 0 Å². The Labute approximate surface area is 178 Å². The molecule has 0 aromatic heterocycles. The average Bonchev–Trinajstić information content (AvgIpc) is 3.14. The molecule has 2 unspecified atom stereocenters. The Balaban J connectivity index is 1.55. The van der Waals surface area contributed by atoms with E-state index in [1.54, 1.807) is 9.80 Å². The molecule has 0 spiro atoms. The first-order valence-electron chi connectivity index (χ1n) is 10.7. The average molecular weight is 417 g/mol. The lowest BCUT2D eigenvalue weighted by atomic mass is 9.98. The molecular formula is C23H32N2O5. The van der Waals surface area contributed by atoms with Crippen molar-refractivity contribution < 1.29 is 24.2 Å². The molecular weight excluding hydrogens is 384 g/mol. The first-order chi connectivity index (χ1) is 14.4. The van der Waals surface area contributed by atoms with Crippen molar-refractivity contribution in [2.24, 2.45) is 0 Å². The second kappa shape index (κ2) is 10.1. The third-order valence-corrected chi connectivity index (χ3v) is 5.53. The Morgan fingerprint density at radius 2 is 2.03 bits per heavy atom. The van der Waals surface area contributed by atoms with Crippen LogP contribution in [0.5, 0.6) is 0 Å². The fourth-order valence-electron chi connectivity index (χ4n) is 3.68. The van der Waals surface area contributed by atoms with Crippen molar-refractivity contribution in [2.75, 3.05) is 31.1 Å². The molecule has 1 saturated heterocycles. The number of anilines is 1. The first-order valence-corrected chi connectivity index (χ1v) is 10.7. The van der Waals surface area contributed by atoms with E-state index in [0.717, 1.165) is 24.1 Å². The van der Waals surface area contributed by atoms with Crippen LogP contribution in [0.2, 0.25) is 0 Å². The Morgan fingerprint density at radius 1 is 1.30 bits per heavy atom. The zero-order valence-corrected chi connectivity index (χ0v) is 18.0. The van der Waals surface area contributed by atoms with E-state index in [0.29, 0.717) is 32.7 Å². The number of benzene rings is 1. The Bertz CT molecular complexity index is 774. The van der Waals surface area contributed by atoms with Crippen LogP contribution < -0.4 is 4.90 Å². The highest BCUT2D eigenvalue weighted by atomic mass is 16.6. The zero-order valence-electron chi connectivity index (χ0n) is 18.0. The van der Waals surface area contributed by atoms with E-state index in [9.17, 15) is 14.7 Å². The predicted octanol–water partition coefficient (Wildman–Crippen LogP) is 3.21. The van der Waals surface area contributed by atoms with Crippen LogP contribution in [0.25, 0.3) is 5.57 Å². The van der Waals surface area contributed by atoms with Crippen LogP contribution in [0, 0.1) is 0 Å². The van der Waals surface area contributed by atoms with Gasteiger partial charge in [0, 0.05) is 31.8 Å². The van der Waals surface area contributed by atoms with E-state index in [1.165, 1.54) is 5.57 Å². The molecule has 2 heterocycles. The second-order valence-corrected chi connectivity index (χ2v) is 8.06. The van der Waals surface area contributed by atoms with Crippen molar-refractivity contribution in [3.05, 3.63) is 35.9 Å². The summed E-state index contributed by atoms with van der Waals surface area (Å²) in [5.41, 5.74) is 3.08. The molecule has 2 atom stereocenters. The highest BCUT2D eigenvalue weighted by Gasteiger charge is 2.31. The summed E-state index contributed by atoms with van der Waals surface area (Å²) < 4.78 is 10.7. The third-order valence-electron chi connectivity index (χ3n) is 5.53. The minimum atomic E-state index is -1.02. The summed E-state index contributed by atoms with van der Waals surface area (Å²) in [7, 11) is 0. The summed E-state index contributed by atoms with van der Waals surface area (Å²) in [6, 6.07) is 7.88. The number of carbonyl (C=O) groups is 2. The molecule has 2 aliphatic rings. The van der Waals surface area contributed by atoms with Crippen molar-refractivity contribution in [3.8, 4) is 0 Å². The fraction of sp³-hybridized carbons (Fsp3) is 0.565. The Hall–Kier alpha value is -2.38. The largest absolute Gasteiger partial charge is 0.444 e. The quantitative estimate of drug-likeness (QED) is 0.704. The van der Waals surface area contributed by atoms with Gasteiger partial charge in [0.25, 0.3) is 5.91 Å². The molecule has 2 aliphatic heterocycles. The van der Waals surface area contributed by atoms with Gasteiger partial charge in [-0.25, -0.2) is 4.79 Å². The smallest absolute Gasteiger partial charge is 0.414 e. The maximum Gasteiger partial charge on any atom is 0.414 e. The van der Waals surface area contributed by atoms with E-state index in [4.69, 9.17) is 9.47 Å². The van der Waals surface area contributed by atoms with Crippen LogP contribution in [0.4, 0.5) is 10.5 Å². The normalized spacial score (nSPS) is 20.4. The molecule has 1 fully saturated rings. The van der Waals surface area contributed by atoms with E-state index < -0.39 is 6.10 Å². The topological polar surface area (TPSA) is 79.3 Å². The van der Waals surface area contributed by atoms with Crippen molar-refractivity contribution in [2.45, 2.75) is 58.3 Å². The Kier molecular flexibility index (Phi) is 7.50. The van der Waals surface area contributed by atoms with Gasteiger partial charge in [0.2, 0.25) is 0 Å². The minimum absolute atomic E-state index is 0.0472. The number of cyclic esters (lactones) is 1. The summed E-state index contributed by atoms with van der Waals surface area (Å²) in [6.07, 6.45) is 2.60. The van der Waals surface area contributed by atoms with Crippen LogP contribution in [0.3, 0.4) is 0 Å². The standard InChI is InChI=1S/C23H32N2O5/c1-4-20-15-25(23(28)30-20)19-7-5-17(6-8-19)18-9-12-24(13-10-18)22(27)21(26)11-14-29-16(2)3/h5-9,16,20-21,26H,4,10-15H2,1-3H3. The van der Waals surface area contributed by atoms with Crippen molar-refractivity contribution in [1.82, 2.24) is 4.90 Å². The molecule has 1 N–H and O–H groups in total. The fourth-order valence-corrected chi connectivity index (χ4v) is 3.68. The SMILES string of the molecule is CCC1CN(c2ccc(C3=CCN(C(=O)C(O)CCOC(C)C)CC3)cc2)C(=O)O1. The lowest BCUT2D eigenvalue weighted by Crippen LogP contribution is -2.41. The number of aliphatic hydroxyl groups is 1. The number of carbonyl (C=O) groups excluding carboxylic acids is 2. The number of hydrogen-bond donors (Lipinski definition) is 1. The third kappa shape index (κ3) is 5.40. The number of nitrogens with zero attached hydrogens (tertiary/aromatic N) is 2. The maximum absolute atomic E-state index is 12.4. The van der Waals surface area contributed by atoms with Gasteiger partial charge in [-0.15, -0.1) is 0 Å². The monoisotopic (exact) mass is 416 g/mol. The molecule has 1 aromatic carbocycles. The lowest BCUT2D eigenvalue weighted by Gasteiger charge is -2.28. The van der Waals surface area contributed by atoms with Crippen LogP contribution in [-0.4, -0.2) is 66.6 Å². The van der Waals surface area contributed by atoms with Gasteiger partial charge in [0.05, 0.1) is 12.6 Å². The van der Waals surface area contributed by atoms with Gasteiger partial charge in [0.15, 0.2) is 0 Å². The Morgan fingerprint density at radius 3 is 2.60 bits per heavy atom. The van der Waals surface area contributed by atoms with Gasteiger partial charge in [-0.05, 0) is 50.0 Å². The van der Waals surface area contributed by atoms with Gasteiger partial charge in [0.1, 0.15) is 12.2 Å². The number of ether oxygens (including phenoxy) is 2. The van der Waals surface area contributed by atoms with Crippen LogP contribution >= 0.6 is 0 Å². The van der Waals surface area contributed by atoms with Gasteiger partial charge in [-0.2, -0.15) is 0 Å².